The first-order chi connectivity index (χ1) is 13.2. The minimum absolute atomic E-state index is 0.163. The second-order valence-corrected chi connectivity index (χ2v) is 6.44. The van der Waals surface area contributed by atoms with E-state index in [0.717, 1.165) is 18.4 Å². The Bertz CT molecular complexity index is 897. The third-order valence-electron chi connectivity index (χ3n) is 4.68. The largest absolute Gasteiger partial charge is 0.339 e. The first-order valence-corrected chi connectivity index (χ1v) is 9.07. The topological polar surface area (TPSA) is 102 Å². The van der Waals surface area contributed by atoms with Crippen molar-refractivity contribution in [3.63, 3.8) is 0 Å². The number of benzene rings is 1. The molecule has 1 fully saturated rings. The van der Waals surface area contributed by atoms with Crippen molar-refractivity contribution < 1.29 is 9.32 Å². The van der Waals surface area contributed by atoms with Crippen LogP contribution in [0.4, 0.5) is 10.7 Å². The summed E-state index contributed by atoms with van der Waals surface area (Å²) in [6, 6.07) is 9.57. The van der Waals surface area contributed by atoms with Gasteiger partial charge in [0, 0.05) is 31.1 Å². The highest BCUT2D eigenvalue weighted by Crippen LogP contribution is 2.28. The number of nitrogens with zero attached hydrogens (tertiary/aromatic N) is 6. The number of urea groups is 1. The Morgan fingerprint density at radius 2 is 2.04 bits per heavy atom. The van der Waals surface area contributed by atoms with Crippen molar-refractivity contribution in [1.82, 2.24) is 29.8 Å². The van der Waals surface area contributed by atoms with Gasteiger partial charge in [-0.1, -0.05) is 35.5 Å². The Morgan fingerprint density at radius 1 is 1.26 bits per heavy atom. The van der Waals surface area contributed by atoms with Gasteiger partial charge in [0.25, 0.3) is 0 Å². The number of aromatic nitrogens is 5. The molecule has 0 radical (unpaired) electrons. The molecule has 2 aromatic heterocycles. The number of carbonyl (C=O) groups excluding carboxylic acids is 1. The van der Waals surface area contributed by atoms with Crippen LogP contribution in [-0.2, 0) is 6.54 Å². The number of amides is 2. The maximum absolute atomic E-state index is 12.4. The van der Waals surface area contributed by atoms with Gasteiger partial charge in [-0.05, 0) is 19.8 Å². The Hall–Kier alpha value is -3.23. The van der Waals surface area contributed by atoms with Gasteiger partial charge in [0.1, 0.15) is 6.33 Å². The summed E-state index contributed by atoms with van der Waals surface area (Å²) >= 11 is 0. The van der Waals surface area contributed by atoms with Crippen molar-refractivity contribution in [3.8, 4) is 11.4 Å². The molecule has 0 aliphatic carbocycles. The van der Waals surface area contributed by atoms with Crippen molar-refractivity contribution in [1.29, 1.82) is 0 Å². The lowest BCUT2D eigenvalue weighted by Crippen LogP contribution is -2.40. The molecule has 3 heterocycles. The smallest absolute Gasteiger partial charge is 0.324 e. The highest BCUT2D eigenvalue weighted by atomic mass is 16.5. The van der Waals surface area contributed by atoms with Gasteiger partial charge in [-0.15, -0.1) is 5.10 Å². The van der Waals surface area contributed by atoms with Crippen LogP contribution in [0.15, 0.2) is 41.2 Å². The van der Waals surface area contributed by atoms with Crippen molar-refractivity contribution in [2.24, 2.45) is 0 Å². The van der Waals surface area contributed by atoms with E-state index in [2.05, 4.69) is 25.5 Å². The normalized spacial score (nSPS) is 15.1. The average Bonchev–Trinajstić information content (AvgIpc) is 3.38. The van der Waals surface area contributed by atoms with E-state index >= 15 is 0 Å². The molecule has 3 aromatic rings. The average molecular weight is 367 g/mol. The predicted molar refractivity (Wildman–Crippen MR) is 98.0 cm³/mol. The highest BCUT2D eigenvalue weighted by molar-refractivity contribution is 5.87. The van der Waals surface area contributed by atoms with E-state index < -0.39 is 0 Å². The Balaban J connectivity index is 1.33. The molecule has 1 aromatic carbocycles. The van der Waals surface area contributed by atoms with E-state index in [1.54, 1.807) is 15.9 Å². The quantitative estimate of drug-likeness (QED) is 0.761. The van der Waals surface area contributed by atoms with Crippen LogP contribution in [0.1, 0.15) is 31.6 Å². The molecule has 27 heavy (non-hydrogen) atoms. The number of rotatable bonds is 4. The summed E-state index contributed by atoms with van der Waals surface area (Å²) in [7, 11) is 0. The highest BCUT2D eigenvalue weighted by Gasteiger charge is 2.28. The van der Waals surface area contributed by atoms with Crippen molar-refractivity contribution >= 4 is 12.0 Å². The summed E-state index contributed by atoms with van der Waals surface area (Å²) in [6.45, 7) is 3.91. The van der Waals surface area contributed by atoms with E-state index in [1.807, 2.05) is 37.3 Å². The zero-order valence-corrected chi connectivity index (χ0v) is 15.1. The maximum atomic E-state index is 12.4. The standard InChI is InChI=1S/C18H21N7O2/c1-2-25-12-19-17(22-25)21-18(26)24-10-8-14(9-11-24)16-20-15(23-27-16)13-6-4-3-5-7-13/h3-7,12,14H,2,8-11H2,1H3,(H,21,22,26). The minimum atomic E-state index is -0.183. The fraction of sp³-hybridized carbons (Fsp3) is 0.389. The number of carbonyl (C=O) groups is 1. The van der Waals surface area contributed by atoms with Crippen LogP contribution in [0.5, 0.6) is 0 Å². The molecule has 9 heteroatoms. The first-order valence-electron chi connectivity index (χ1n) is 9.07. The van der Waals surface area contributed by atoms with Gasteiger partial charge < -0.3 is 9.42 Å². The molecule has 140 valence electrons. The zero-order valence-electron chi connectivity index (χ0n) is 15.1. The van der Waals surface area contributed by atoms with Gasteiger partial charge in [0.05, 0.1) is 0 Å². The Morgan fingerprint density at radius 3 is 2.74 bits per heavy atom. The first kappa shape index (κ1) is 17.2. The van der Waals surface area contributed by atoms with Gasteiger partial charge in [-0.25, -0.2) is 9.78 Å². The van der Waals surface area contributed by atoms with E-state index in [-0.39, 0.29) is 11.9 Å². The Labute approximate surface area is 156 Å². The van der Waals surface area contributed by atoms with E-state index in [1.165, 1.54) is 0 Å². The van der Waals surface area contributed by atoms with E-state index in [9.17, 15) is 4.79 Å². The number of anilines is 1. The number of hydrogen-bond donors (Lipinski definition) is 1. The summed E-state index contributed by atoms with van der Waals surface area (Å²) in [5, 5.41) is 11.0. The third-order valence-corrected chi connectivity index (χ3v) is 4.68. The third kappa shape index (κ3) is 3.81. The van der Waals surface area contributed by atoms with Crippen LogP contribution in [0.3, 0.4) is 0 Å². The summed E-state index contributed by atoms with van der Waals surface area (Å²) < 4.78 is 7.13. The summed E-state index contributed by atoms with van der Waals surface area (Å²) in [5.41, 5.74) is 0.934. The van der Waals surface area contributed by atoms with Crippen LogP contribution >= 0.6 is 0 Å². The predicted octanol–water partition coefficient (Wildman–Crippen LogP) is 2.76. The van der Waals surface area contributed by atoms with Crippen LogP contribution in [0.25, 0.3) is 11.4 Å². The van der Waals surface area contributed by atoms with Gasteiger partial charge in [0.15, 0.2) is 0 Å². The number of nitrogens with one attached hydrogen (secondary N) is 1. The molecule has 9 nitrogen and oxygen atoms in total. The number of likely N-dealkylation sites (tertiary alicyclic amines) is 1. The van der Waals surface area contributed by atoms with Crippen LogP contribution in [-0.4, -0.2) is 48.9 Å². The van der Waals surface area contributed by atoms with E-state index in [4.69, 9.17) is 4.52 Å². The molecule has 0 spiro atoms. The number of aryl methyl sites for hydroxylation is 1. The van der Waals surface area contributed by atoms with Crippen molar-refractivity contribution in [3.05, 3.63) is 42.5 Å². The fourth-order valence-electron chi connectivity index (χ4n) is 3.11. The summed E-state index contributed by atoms with van der Waals surface area (Å²) in [6.07, 6.45) is 3.16. The van der Waals surface area contributed by atoms with Gasteiger partial charge in [0.2, 0.25) is 17.7 Å². The summed E-state index contributed by atoms with van der Waals surface area (Å²) in [5.74, 6) is 1.73. The monoisotopic (exact) mass is 367 g/mol. The molecule has 1 saturated heterocycles. The number of piperidine rings is 1. The lowest BCUT2D eigenvalue weighted by molar-refractivity contribution is 0.187. The molecule has 1 aliphatic heterocycles. The van der Waals surface area contributed by atoms with Gasteiger partial charge >= 0.3 is 6.03 Å². The van der Waals surface area contributed by atoms with Gasteiger partial charge in [-0.3, -0.25) is 10.00 Å². The summed E-state index contributed by atoms with van der Waals surface area (Å²) in [4.78, 5) is 22.7. The lowest BCUT2D eigenvalue weighted by Gasteiger charge is -2.29. The molecule has 0 bridgehead atoms. The number of hydrogen-bond acceptors (Lipinski definition) is 6. The molecule has 1 N–H and O–H groups in total. The molecule has 0 atom stereocenters. The molecule has 0 saturated carbocycles. The van der Waals surface area contributed by atoms with Crippen molar-refractivity contribution in [2.75, 3.05) is 18.4 Å². The molecular formula is C18H21N7O2. The van der Waals surface area contributed by atoms with Crippen LogP contribution in [0.2, 0.25) is 0 Å². The van der Waals surface area contributed by atoms with E-state index in [0.29, 0.717) is 37.3 Å². The van der Waals surface area contributed by atoms with Crippen molar-refractivity contribution in [2.45, 2.75) is 32.2 Å². The van der Waals surface area contributed by atoms with Crippen LogP contribution in [0, 0.1) is 0 Å². The molecule has 4 rings (SSSR count). The molecule has 2 amide bonds. The second-order valence-electron chi connectivity index (χ2n) is 6.44. The Kier molecular flexibility index (Phi) is 4.82. The van der Waals surface area contributed by atoms with Crippen LogP contribution < -0.4 is 5.32 Å². The second kappa shape index (κ2) is 7.56. The van der Waals surface area contributed by atoms with Gasteiger partial charge in [-0.2, -0.15) is 4.98 Å². The SMILES string of the molecule is CCn1cnc(NC(=O)N2CCC(c3nc(-c4ccccc4)no3)CC2)n1. The lowest BCUT2D eigenvalue weighted by atomic mass is 9.97. The maximum Gasteiger partial charge on any atom is 0.324 e. The molecule has 1 aliphatic rings. The zero-order chi connectivity index (χ0) is 18.6. The fourth-order valence-corrected chi connectivity index (χ4v) is 3.11. The molecular weight excluding hydrogens is 346 g/mol. The molecule has 0 unspecified atom stereocenters. The minimum Gasteiger partial charge on any atom is -0.339 e.